The van der Waals surface area contributed by atoms with Crippen LogP contribution < -0.4 is 5.32 Å². The zero-order chi connectivity index (χ0) is 17.9. The van der Waals surface area contributed by atoms with Crippen LogP contribution in [0.3, 0.4) is 0 Å². The van der Waals surface area contributed by atoms with Crippen LogP contribution in [0.2, 0.25) is 0 Å². The van der Waals surface area contributed by atoms with Gasteiger partial charge in [0.1, 0.15) is 11.6 Å². The van der Waals surface area contributed by atoms with E-state index in [2.05, 4.69) is 11.4 Å². The molecule has 1 aromatic carbocycles. The molecule has 2 rings (SSSR count). The van der Waals surface area contributed by atoms with E-state index >= 15 is 0 Å². The molecule has 1 aliphatic heterocycles. The maximum Gasteiger partial charge on any atom is 0.322 e. The van der Waals surface area contributed by atoms with E-state index in [-0.39, 0.29) is 12.0 Å². The number of ether oxygens (including phenoxy) is 2. The summed E-state index contributed by atoms with van der Waals surface area (Å²) in [6.45, 7) is 5.42. The van der Waals surface area contributed by atoms with Crippen molar-refractivity contribution >= 4 is 11.9 Å². The molecule has 0 bridgehead atoms. The molecule has 1 aliphatic rings. The average Bonchev–Trinajstić information content (AvgIpc) is 2.98. The van der Waals surface area contributed by atoms with Crippen LogP contribution in [0.1, 0.15) is 44.4 Å². The van der Waals surface area contributed by atoms with Gasteiger partial charge in [0.05, 0.1) is 24.7 Å². The minimum atomic E-state index is -0.602. The van der Waals surface area contributed by atoms with Gasteiger partial charge in [-0.3, -0.25) is 14.9 Å². The van der Waals surface area contributed by atoms with Gasteiger partial charge in [0.25, 0.3) is 0 Å². The van der Waals surface area contributed by atoms with Crippen LogP contribution >= 0.6 is 0 Å². The zero-order valence-corrected chi connectivity index (χ0v) is 14.3. The smallest absolute Gasteiger partial charge is 0.322 e. The number of carbonyl (C=O) groups excluding carboxylic acids is 2. The minimum Gasteiger partial charge on any atom is -0.468 e. The normalized spacial score (nSPS) is 23.4. The first kappa shape index (κ1) is 18.0. The highest BCUT2D eigenvalue weighted by Crippen LogP contribution is 2.35. The lowest BCUT2D eigenvalue weighted by molar-refractivity contribution is -0.160. The molecule has 24 heavy (non-hydrogen) atoms. The standard InChI is InChI=1S/C18H22N2O4/c1-18(2,3)24-16(21)13-9-14(17(22)23-4)20-15(13)12-7-5-11(10-19)6-8-12/h5-8,13-15,20H,9H2,1-4H3/t13-,14-,15-/m0/s1. The first-order valence-corrected chi connectivity index (χ1v) is 7.82. The fraction of sp³-hybridized carbons (Fsp3) is 0.500. The van der Waals surface area contributed by atoms with E-state index in [1.807, 2.05) is 20.8 Å². The number of hydrogen-bond acceptors (Lipinski definition) is 6. The highest BCUT2D eigenvalue weighted by atomic mass is 16.6. The first-order valence-electron chi connectivity index (χ1n) is 7.82. The number of nitrogens with one attached hydrogen (secondary N) is 1. The molecule has 0 aromatic heterocycles. The highest BCUT2D eigenvalue weighted by Gasteiger charge is 2.44. The van der Waals surface area contributed by atoms with Gasteiger partial charge in [-0.2, -0.15) is 5.26 Å². The van der Waals surface area contributed by atoms with Crippen molar-refractivity contribution in [3.63, 3.8) is 0 Å². The summed E-state index contributed by atoms with van der Waals surface area (Å²) < 4.78 is 10.3. The van der Waals surface area contributed by atoms with E-state index in [0.717, 1.165) is 5.56 Å². The molecule has 0 amide bonds. The fourth-order valence-electron chi connectivity index (χ4n) is 2.80. The van der Waals surface area contributed by atoms with Gasteiger partial charge in [-0.1, -0.05) is 12.1 Å². The average molecular weight is 330 g/mol. The van der Waals surface area contributed by atoms with Crippen LogP contribution in [0.4, 0.5) is 0 Å². The Morgan fingerprint density at radius 3 is 2.33 bits per heavy atom. The van der Waals surface area contributed by atoms with E-state index in [1.54, 1.807) is 24.3 Å². The van der Waals surface area contributed by atoms with Crippen LogP contribution in [0.5, 0.6) is 0 Å². The summed E-state index contributed by atoms with van der Waals surface area (Å²) in [6, 6.07) is 8.08. The Hall–Kier alpha value is -2.39. The first-order chi connectivity index (χ1) is 11.2. The third-order valence-electron chi connectivity index (χ3n) is 3.87. The number of esters is 2. The highest BCUT2D eigenvalue weighted by molar-refractivity contribution is 5.80. The fourth-order valence-corrected chi connectivity index (χ4v) is 2.80. The lowest BCUT2D eigenvalue weighted by Crippen LogP contribution is -2.33. The van der Waals surface area contributed by atoms with Crippen LogP contribution in [0.25, 0.3) is 0 Å². The number of methoxy groups -OCH3 is 1. The van der Waals surface area contributed by atoms with Gasteiger partial charge in [0.15, 0.2) is 0 Å². The lowest BCUT2D eigenvalue weighted by Gasteiger charge is -2.25. The second kappa shape index (κ2) is 7.02. The van der Waals surface area contributed by atoms with E-state index in [9.17, 15) is 9.59 Å². The molecule has 0 radical (unpaired) electrons. The van der Waals surface area contributed by atoms with E-state index in [0.29, 0.717) is 12.0 Å². The van der Waals surface area contributed by atoms with Crippen molar-refractivity contribution < 1.29 is 19.1 Å². The molecule has 1 saturated heterocycles. The van der Waals surface area contributed by atoms with Crippen molar-refractivity contribution in [2.75, 3.05) is 7.11 Å². The number of rotatable bonds is 3. The van der Waals surface area contributed by atoms with E-state index < -0.39 is 23.5 Å². The second-order valence-electron chi connectivity index (χ2n) is 6.83. The summed E-state index contributed by atoms with van der Waals surface area (Å²) >= 11 is 0. The zero-order valence-electron chi connectivity index (χ0n) is 14.3. The Labute approximate surface area is 141 Å². The van der Waals surface area contributed by atoms with Crippen LogP contribution in [-0.2, 0) is 19.1 Å². The van der Waals surface area contributed by atoms with Crippen LogP contribution in [0, 0.1) is 17.2 Å². The summed E-state index contributed by atoms with van der Waals surface area (Å²) in [5.74, 6) is -1.25. The maximum atomic E-state index is 12.6. The van der Waals surface area contributed by atoms with Gasteiger partial charge in [-0.05, 0) is 44.9 Å². The van der Waals surface area contributed by atoms with Crippen molar-refractivity contribution in [3.05, 3.63) is 35.4 Å². The van der Waals surface area contributed by atoms with Gasteiger partial charge in [0, 0.05) is 6.04 Å². The number of carbonyl (C=O) groups is 2. The maximum absolute atomic E-state index is 12.6. The molecule has 6 nitrogen and oxygen atoms in total. The molecular weight excluding hydrogens is 308 g/mol. The molecule has 1 aromatic rings. The topological polar surface area (TPSA) is 88.4 Å². The van der Waals surface area contributed by atoms with Crippen molar-refractivity contribution in [2.24, 2.45) is 5.92 Å². The van der Waals surface area contributed by atoms with Gasteiger partial charge in [-0.15, -0.1) is 0 Å². The molecule has 6 heteroatoms. The Kier molecular flexibility index (Phi) is 5.25. The number of hydrogen-bond donors (Lipinski definition) is 1. The van der Waals surface area contributed by atoms with E-state index in [1.165, 1.54) is 7.11 Å². The van der Waals surface area contributed by atoms with Gasteiger partial charge in [-0.25, -0.2) is 0 Å². The molecule has 3 atom stereocenters. The molecule has 1 heterocycles. The van der Waals surface area contributed by atoms with Crippen LogP contribution in [0.15, 0.2) is 24.3 Å². The van der Waals surface area contributed by atoms with Gasteiger partial charge < -0.3 is 9.47 Å². The van der Waals surface area contributed by atoms with Crippen molar-refractivity contribution in [1.82, 2.24) is 5.32 Å². The summed E-state index contributed by atoms with van der Waals surface area (Å²) in [5.41, 5.74) is 0.765. The summed E-state index contributed by atoms with van der Waals surface area (Å²) in [5, 5.41) is 12.1. The third kappa shape index (κ3) is 4.12. The van der Waals surface area contributed by atoms with Crippen molar-refractivity contribution in [2.45, 2.75) is 44.9 Å². The summed E-state index contributed by atoms with van der Waals surface area (Å²) in [6.07, 6.45) is 0.312. The summed E-state index contributed by atoms with van der Waals surface area (Å²) in [4.78, 5) is 24.4. The third-order valence-corrected chi connectivity index (χ3v) is 3.87. The Balaban J connectivity index is 2.27. The van der Waals surface area contributed by atoms with Gasteiger partial charge >= 0.3 is 11.9 Å². The Morgan fingerprint density at radius 1 is 1.21 bits per heavy atom. The molecule has 1 fully saturated rings. The Bertz CT molecular complexity index is 655. The number of nitriles is 1. The van der Waals surface area contributed by atoms with Crippen molar-refractivity contribution in [3.8, 4) is 6.07 Å². The molecule has 0 saturated carbocycles. The minimum absolute atomic E-state index is 0.312. The molecule has 0 aliphatic carbocycles. The predicted molar refractivity (Wildman–Crippen MR) is 86.8 cm³/mol. The molecule has 0 spiro atoms. The van der Waals surface area contributed by atoms with Crippen molar-refractivity contribution in [1.29, 1.82) is 5.26 Å². The number of nitrogens with zero attached hydrogens (tertiary/aromatic N) is 1. The molecule has 128 valence electrons. The Morgan fingerprint density at radius 2 is 1.83 bits per heavy atom. The summed E-state index contributed by atoms with van der Waals surface area (Å²) in [7, 11) is 1.32. The second-order valence-corrected chi connectivity index (χ2v) is 6.83. The molecule has 0 unspecified atom stereocenters. The molecule has 1 N–H and O–H groups in total. The predicted octanol–water partition coefficient (Wildman–Crippen LogP) is 2.09. The van der Waals surface area contributed by atoms with E-state index in [4.69, 9.17) is 14.7 Å². The quantitative estimate of drug-likeness (QED) is 0.854. The SMILES string of the molecule is COC(=O)[C@@H]1C[C@H](C(=O)OC(C)(C)C)[C@H](c2ccc(C#N)cc2)N1. The van der Waals surface area contributed by atoms with Gasteiger partial charge in [0.2, 0.25) is 0 Å². The van der Waals surface area contributed by atoms with Crippen LogP contribution in [-0.4, -0.2) is 30.7 Å². The number of benzene rings is 1. The largest absolute Gasteiger partial charge is 0.468 e. The lowest BCUT2D eigenvalue weighted by atomic mass is 9.92. The molecular formula is C18H22N2O4. The monoisotopic (exact) mass is 330 g/mol.